The number of carbonyl (C=O) groups is 2. The molecule has 0 aliphatic heterocycles. The number of carbonyl (C=O) groups excluding carboxylic acids is 2. The van der Waals surface area contributed by atoms with Gasteiger partial charge >= 0.3 is 11.9 Å². The Labute approximate surface area is 127 Å². The molecule has 0 bridgehead atoms. The molecule has 1 aromatic carbocycles. The van der Waals surface area contributed by atoms with Crippen LogP contribution in [0.1, 0.15) is 5.56 Å². The van der Waals surface area contributed by atoms with Crippen molar-refractivity contribution in [3.8, 4) is 5.75 Å². The van der Waals surface area contributed by atoms with Gasteiger partial charge in [0.25, 0.3) is 0 Å². The minimum Gasteiger partial charge on any atom is -0.496 e. The second-order valence-electron chi connectivity index (χ2n) is 3.84. The zero-order chi connectivity index (χ0) is 15.8. The Bertz CT molecular complexity index is 556. The number of hydrogen-bond acceptors (Lipinski definition) is 6. The van der Waals surface area contributed by atoms with E-state index in [1.54, 1.807) is 6.07 Å². The summed E-state index contributed by atoms with van der Waals surface area (Å²) in [6.45, 7) is 0.224. The van der Waals surface area contributed by atoms with Crippen LogP contribution in [-0.4, -0.2) is 33.3 Å². The van der Waals surface area contributed by atoms with E-state index in [1.807, 2.05) is 18.2 Å². The molecule has 1 rings (SSSR count). The number of para-hydroxylation sites is 1. The maximum atomic E-state index is 11.7. The van der Waals surface area contributed by atoms with Gasteiger partial charge in [-0.15, -0.1) is 0 Å². The van der Waals surface area contributed by atoms with Gasteiger partial charge in [-0.3, -0.25) is 0 Å². The van der Waals surface area contributed by atoms with Gasteiger partial charge in [0.05, 0.1) is 21.3 Å². The lowest BCUT2D eigenvalue weighted by molar-refractivity contribution is -0.139. The Morgan fingerprint density at radius 3 is 2.29 bits per heavy atom. The van der Waals surface area contributed by atoms with E-state index in [1.165, 1.54) is 21.3 Å². The summed E-state index contributed by atoms with van der Waals surface area (Å²) in [7, 11) is 3.89. The molecule has 0 unspecified atom stereocenters. The molecule has 0 saturated heterocycles. The molecular weight excluding hydrogens is 298 g/mol. The Balaban J connectivity index is 2.98. The van der Waals surface area contributed by atoms with Gasteiger partial charge in [0.15, 0.2) is 5.03 Å². The summed E-state index contributed by atoms with van der Waals surface area (Å²) < 4.78 is 14.3. The lowest BCUT2D eigenvalue weighted by Gasteiger charge is -2.13. The van der Waals surface area contributed by atoms with Crippen LogP contribution in [0.3, 0.4) is 0 Å². The number of halogens is 1. The van der Waals surface area contributed by atoms with Crippen LogP contribution in [0.25, 0.3) is 0 Å². The fraction of sp³-hybridized carbons (Fsp3) is 0.286. The van der Waals surface area contributed by atoms with Crippen molar-refractivity contribution in [3.63, 3.8) is 0 Å². The number of methoxy groups -OCH3 is 3. The summed E-state index contributed by atoms with van der Waals surface area (Å²) in [5.41, 5.74) is 0.618. The van der Waals surface area contributed by atoms with E-state index in [4.69, 9.17) is 16.3 Å². The fourth-order valence-corrected chi connectivity index (χ4v) is 1.79. The number of hydrogen-bond donors (Lipinski definition) is 1. The number of esters is 2. The third-order valence-electron chi connectivity index (χ3n) is 2.62. The molecule has 0 fully saturated rings. The Kier molecular flexibility index (Phi) is 6.55. The van der Waals surface area contributed by atoms with Gasteiger partial charge in [-0.2, -0.15) is 0 Å². The fourth-order valence-electron chi connectivity index (χ4n) is 1.57. The first kappa shape index (κ1) is 16.8. The van der Waals surface area contributed by atoms with Crippen LogP contribution in [0, 0.1) is 0 Å². The predicted molar refractivity (Wildman–Crippen MR) is 76.7 cm³/mol. The summed E-state index contributed by atoms with van der Waals surface area (Å²) in [4.78, 5) is 23.1. The molecule has 0 radical (unpaired) electrons. The maximum Gasteiger partial charge on any atom is 0.355 e. The van der Waals surface area contributed by atoms with Crippen molar-refractivity contribution < 1.29 is 23.8 Å². The first-order chi connectivity index (χ1) is 10.0. The second-order valence-corrected chi connectivity index (χ2v) is 4.22. The summed E-state index contributed by atoms with van der Waals surface area (Å²) in [5, 5.41) is 2.39. The molecule has 0 spiro atoms. The van der Waals surface area contributed by atoms with Gasteiger partial charge in [0, 0.05) is 12.1 Å². The molecule has 0 amide bonds. The SMILES string of the molecule is COC(=O)/C(Cl)=C(/NCc1ccccc1OC)C(=O)OC. The molecule has 21 heavy (non-hydrogen) atoms. The molecule has 0 atom stereocenters. The van der Waals surface area contributed by atoms with Crippen molar-refractivity contribution in [2.45, 2.75) is 6.54 Å². The molecule has 0 aliphatic rings. The number of nitrogens with one attached hydrogen (secondary N) is 1. The van der Waals surface area contributed by atoms with Gasteiger partial charge in [-0.05, 0) is 6.07 Å². The second kappa shape index (κ2) is 8.16. The van der Waals surface area contributed by atoms with Crippen LogP contribution in [0.4, 0.5) is 0 Å². The maximum absolute atomic E-state index is 11.7. The van der Waals surface area contributed by atoms with E-state index >= 15 is 0 Å². The Hall–Kier alpha value is -2.21. The molecule has 0 saturated carbocycles. The summed E-state index contributed by atoms with van der Waals surface area (Å²) in [6, 6.07) is 7.23. The number of ether oxygens (including phenoxy) is 3. The number of benzene rings is 1. The lowest BCUT2D eigenvalue weighted by Crippen LogP contribution is -2.25. The third-order valence-corrected chi connectivity index (χ3v) is 2.97. The van der Waals surface area contributed by atoms with E-state index in [0.717, 1.165) is 5.56 Å². The third kappa shape index (κ3) is 4.39. The molecule has 0 aromatic heterocycles. The molecule has 1 aromatic rings. The van der Waals surface area contributed by atoms with E-state index in [-0.39, 0.29) is 17.3 Å². The van der Waals surface area contributed by atoms with Crippen LogP contribution in [0.15, 0.2) is 35.0 Å². The van der Waals surface area contributed by atoms with Crippen LogP contribution in [0.5, 0.6) is 5.75 Å². The zero-order valence-electron chi connectivity index (χ0n) is 11.9. The van der Waals surface area contributed by atoms with E-state index in [9.17, 15) is 9.59 Å². The first-order valence-corrected chi connectivity index (χ1v) is 6.35. The van der Waals surface area contributed by atoms with Gasteiger partial charge < -0.3 is 19.5 Å². The number of rotatable bonds is 6. The van der Waals surface area contributed by atoms with Gasteiger partial charge in [-0.25, -0.2) is 9.59 Å². The highest BCUT2D eigenvalue weighted by Gasteiger charge is 2.21. The van der Waals surface area contributed by atoms with Crippen molar-refractivity contribution >= 4 is 23.5 Å². The average Bonchev–Trinajstić information content (AvgIpc) is 2.53. The average molecular weight is 314 g/mol. The van der Waals surface area contributed by atoms with Crippen LogP contribution >= 0.6 is 11.6 Å². The Morgan fingerprint density at radius 1 is 1.10 bits per heavy atom. The molecule has 0 aliphatic carbocycles. The van der Waals surface area contributed by atoms with Crippen molar-refractivity contribution in [1.29, 1.82) is 0 Å². The van der Waals surface area contributed by atoms with Crippen LogP contribution in [-0.2, 0) is 25.6 Å². The van der Waals surface area contributed by atoms with Gasteiger partial charge in [0.2, 0.25) is 0 Å². The van der Waals surface area contributed by atoms with Crippen LogP contribution < -0.4 is 10.1 Å². The topological polar surface area (TPSA) is 73.9 Å². The lowest BCUT2D eigenvalue weighted by atomic mass is 10.2. The van der Waals surface area contributed by atoms with E-state index < -0.39 is 11.9 Å². The van der Waals surface area contributed by atoms with Crippen molar-refractivity contribution in [2.24, 2.45) is 0 Å². The molecule has 6 nitrogen and oxygen atoms in total. The predicted octanol–water partition coefficient (Wildman–Crippen LogP) is 1.58. The normalized spacial score (nSPS) is 11.2. The first-order valence-electron chi connectivity index (χ1n) is 5.97. The quantitative estimate of drug-likeness (QED) is 0.635. The van der Waals surface area contributed by atoms with E-state index in [0.29, 0.717) is 5.75 Å². The van der Waals surface area contributed by atoms with E-state index in [2.05, 4.69) is 14.8 Å². The highest BCUT2D eigenvalue weighted by Crippen LogP contribution is 2.18. The van der Waals surface area contributed by atoms with Crippen molar-refractivity contribution in [2.75, 3.05) is 21.3 Å². The molecular formula is C14H16ClNO5. The highest BCUT2D eigenvalue weighted by molar-refractivity contribution is 6.43. The smallest absolute Gasteiger partial charge is 0.355 e. The van der Waals surface area contributed by atoms with Crippen molar-refractivity contribution in [3.05, 3.63) is 40.6 Å². The summed E-state index contributed by atoms with van der Waals surface area (Å²) in [5.74, 6) is -0.951. The zero-order valence-corrected chi connectivity index (χ0v) is 12.7. The molecule has 1 N–H and O–H groups in total. The molecule has 114 valence electrons. The molecule has 7 heteroatoms. The minimum absolute atomic E-state index is 0.170. The van der Waals surface area contributed by atoms with Crippen molar-refractivity contribution in [1.82, 2.24) is 5.32 Å². The minimum atomic E-state index is -0.829. The largest absolute Gasteiger partial charge is 0.496 e. The van der Waals surface area contributed by atoms with Gasteiger partial charge in [0.1, 0.15) is 11.4 Å². The Morgan fingerprint density at radius 2 is 1.71 bits per heavy atom. The van der Waals surface area contributed by atoms with Crippen LogP contribution in [0.2, 0.25) is 0 Å². The summed E-state index contributed by atoms with van der Waals surface area (Å²) >= 11 is 5.82. The molecule has 0 heterocycles. The van der Waals surface area contributed by atoms with Gasteiger partial charge in [-0.1, -0.05) is 29.8 Å². The standard InChI is InChI=1S/C14H16ClNO5/c1-19-10-7-5-4-6-9(10)8-16-12(14(18)21-3)11(15)13(17)20-2/h4-7,16H,8H2,1-3H3/b12-11-. The highest BCUT2D eigenvalue weighted by atomic mass is 35.5. The summed E-state index contributed by atoms with van der Waals surface area (Å²) in [6.07, 6.45) is 0. The monoisotopic (exact) mass is 313 g/mol.